The van der Waals surface area contributed by atoms with Gasteiger partial charge in [0, 0.05) is 44.6 Å². The molecule has 0 radical (unpaired) electrons. The number of carbonyl (C=O) groups is 2. The summed E-state index contributed by atoms with van der Waals surface area (Å²) in [6, 6.07) is 87.6. The van der Waals surface area contributed by atoms with Crippen LogP contribution in [0.25, 0.3) is 44.6 Å². The van der Waals surface area contributed by atoms with E-state index in [1.165, 1.54) is 22.3 Å². The third-order valence-corrected chi connectivity index (χ3v) is 13.7. The molecule has 9 aromatic rings. The molecule has 0 spiro atoms. The number of aryl methyl sites for hydroxylation is 4. The highest BCUT2D eigenvalue weighted by atomic mass is 16.1. The maximum atomic E-state index is 15.4. The summed E-state index contributed by atoms with van der Waals surface area (Å²) < 4.78 is 0. The minimum atomic E-state index is -0.0134. The lowest BCUT2D eigenvalue weighted by molar-refractivity contribution is -0.109. The highest BCUT2D eigenvalue weighted by molar-refractivity contribution is 6.60. The number of hydrogen-bond donors (Lipinski definition) is 0. The minimum absolute atomic E-state index is 0.0134. The molecule has 0 unspecified atom stereocenters. The van der Waals surface area contributed by atoms with Gasteiger partial charge in [-0.05, 0) is 98.5 Å². The van der Waals surface area contributed by atoms with Gasteiger partial charge in [0.25, 0.3) is 0 Å². The molecule has 0 amide bonds. The third kappa shape index (κ3) is 8.80. The Balaban J connectivity index is 1.10. The zero-order valence-corrected chi connectivity index (χ0v) is 38.9. The number of Topliss-reactive ketones (excluding diaryl/α,β-unsaturated/α-hetero) is 2. The molecule has 0 bridgehead atoms. The quantitative estimate of drug-likeness (QED) is 0.109. The van der Waals surface area contributed by atoms with Crippen molar-refractivity contribution in [2.24, 2.45) is 0 Å². The van der Waals surface area contributed by atoms with Gasteiger partial charge in [-0.15, -0.1) is 0 Å². The van der Waals surface area contributed by atoms with E-state index >= 15 is 9.59 Å². The summed E-state index contributed by atoms with van der Waals surface area (Å²) >= 11 is 0. The summed E-state index contributed by atoms with van der Waals surface area (Å²) in [6.07, 6.45) is 3.69. The van der Waals surface area contributed by atoms with E-state index < -0.39 is 0 Å². The fraction of sp³-hybridized carbons (Fsp3) is 0.0588. The van der Waals surface area contributed by atoms with Crippen LogP contribution in [-0.2, 0) is 35.3 Å². The van der Waals surface area contributed by atoms with Crippen LogP contribution in [0.3, 0.4) is 0 Å². The molecular formula is C68H50O2. The molecule has 70 heavy (non-hydrogen) atoms. The zero-order valence-electron chi connectivity index (χ0n) is 38.9. The number of ketones is 2. The maximum absolute atomic E-state index is 15.4. The summed E-state index contributed by atoms with van der Waals surface area (Å²) in [6.45, 7) is 0. The second-order valence-electron chi connectivity index (χ2n) is 18.1. The number of hydrogen-bond acceptors (Lipinski definition) is 2. The van der Waals surface area contributed by atoms with Gasteiger partial charge < -0.3 is 0 Å². The van der Waals surface area contributed by atoms with Gasteiger partial charge in [0.2, 0.25) is 0 Å². The van der Waals surface area contributed by atoms with Crippen molar-refractivity contribution in [3.63, 3.8) is 0 Å². The van der Waals surface area contributed by atoms with Crippen LogP contribution >= 0.6 is 0 Å². The molecule has 2 aliphatic rings. The lowest BCUT2D eigenvalue weighted by Gasteiger charge is -2.18. The van der Waals surface area contributed by atoms with Gasteiger partial charge in [-0.1, -0.05) is 249 Å². The van der Waals surface area contributed by atoms with Crippen LogP contribution in [0, 0.1) is 0 Å². The predicted octanol–water partition coefficient (Wildman–Crippen LogP) is 15.5. The second kappa shape index (κ2) is 19.9. The van der Waals surface area contributed by atoms with Gasteiger partial charge in [-0.25, -0.2) is 0 Å². The van der Waals surface area contributed by atoms with Gasteiger partial charge in [-0.2, -0.15) is 0 Å². The van der Waals surface area contributed by atoms with Gasteiger partial charge >= 0.3 is 0 Å². The summed E-state index contributed by atoms with van der Waals surface area (Å²) in [4.78, 5) is 30.9. The average Bonchev–Trinajstić information content (AvgIpc) is 3.92. The Morgan fingerprint density at radius 1 is 0.186 bits per heavy atom. The third-order valence-electron chi connectivity index (χ3n) is 13.7. The lowest BCUT2D eigenvalue weighted by Crippen LogP contribution is -2.02. The van der Waals surface area contributed by atoms with E-state index in [4.69, 9.17) is 0 Å². The number of rotatable bonds is 14. The Bertz CT molecular complexity index is 3240. The van der Waals surface area contributed by atoms with Crippen LogP contribution in [-0.4, -0.2) is 11.6 Å². The van der Waals surface area contributed by atoms with Crippen molar-refractivity contribution >= 4 is 56.2 Å². The van der Waals surface area contributed by atoms with Crippen LogP contribution in [0.15, 0.2) is 255 Å². The van der Waals surface area contributed by atoms with Crippen LogP contribution < -0.4 is 0 Å². The van der Waals surface area contributed by atoms with Crippen LogP contribution in [0.2, 0.25) is 0 Å². The highest BCUT2D eigenvalue weighted by Gasteiger charge is 2.38. The summed E-state index contributed by atoms with van der Waals surface area (Å²) in [5.41, 5.74) is 18.5. The van der Waals surface area contributed by atoms with E-state index in [1.54, 1.807) is 0 Å². The molecule has 11 rings (SSSR count). The van der Waals surface area contributed by atoms with E-state index in [1.807, 2.05) is 121 Å². The molecule has 0 fully saturated rings. The molecule has 9 aromatic carbocycles. The molecule has 2 nitrogen and oxygen atoms in total. The van der Waals surface area contributed by atoms with E-state index in [0.717, 1.165) is 92.5 Å². The molecule has 0 heterocycles. The Morgan fingerprint density at radius 3 is 0.686 bits per heavy atom. The fourth-order valence-electron chi connectivity index (χ4n) is 10.3. The van der Waals surface area contributed by atoms with Crippen molar-refractivity contribution in [2.45, 2.75) is 25.7 Å². The first-order chi connectivity index (χ1) is 34.6. The Labute approximate surface area is 411 Å². The molecular weight excluding hydrogens is 849 g/mol. The van der Waals surface area contributed by atoms with E-state index in [-0.39, 0.29) is 11.6 Å². The van der Waals surface area contributed by atoms with Gasteiger partial charge in [0.1, 0.15) is 0 Å². The largest absolute Gasteiger partial charge is 0.289 e. The number of allylic oxidation sites excluding steroid dienone is 8. The number of carbonyl (C=O) groups excluding carboxylic acids is 2. The van der Waals surface area contributed by atoms with E-state index in [2.05, 4.69) is 133 Å². The standard InChI is InChI=1S/C68H50O2/c69-67-63(51-24-11-3-12-25-51)59(55-42-38-49(39-43-55)36-34-47-20-7-1-8-21-47)61(65(67)53-28-15-5-16-29-53)57-32-19-33-58(46-57)62-60(56-44-40-50(41-45-56)37-35-48-22-9-2-10-23-48)64(52-26-13-4-14-27-52)68(70)66(62)54-30-17-6-18-31-54/h1-33,38-46H,34-37H2. The fourth-order valence-corrected chi connectivity index (χ4v) is 10.3. The maximum Gasteiger partial charge on any atom is 0.195 e. The minimum Gasteiger partial charge on any atom is -0.289 e. The monoisotopic (exact) mass is 898 g/mol. The molecule has 0 saturated carbocycles. The highest BCUT2D eigenvalue weighted by Crippen LogP contribution is 2.53. The summed E-state index contributed by atoms with van der Waals surface area (Å²) in [5, 5.41) is 0. The van der Waals surface area contributed by atoms with Crippen LogP contribution in [0.5, 0.6) is 0 Å². The first-order valence-electron chi connectivity index (χ1n) is 24.3. The van der Waals surface area contributed by atoms with Gasteiger partial charge in [0.15, 0.2) is 11.6 Å². The normalized spacial score (nSPS) is 13.8. The van der Waals surface area contributed by atoms with Crippen molar-refractivity contribution in [2.75, 3.05) is 0 Å². The summed E-state index contributed by atoms with van der Waals surface area (Å²) in [5.74, 6) is -0.0269. The molecule has 0 saturated heterocycles. The molecule has 0 N–H and O–H groups in total. The van der Waals surface area contributed by atoms with E-state index in [9.17, 15) is 0 Å². The molecule has 0 aromatic heterocycles. The average molecular weight is 899 g/mol. The Hall–Kier alpha value is -8.72. The zero-order chi connectivity index (χ0) is 47.2. The first-order valence-corrected chi connectivity index (χ1v) is 24.3. The second-order valence-corrected chi connectivity index (χ2v) is 18.1. The van der Waals surface area contributed by atoms with Crippen molar-refractivity contribution in [1.82, 2.24) is 0 Å². The molecule has 2 heteroatoms. The molecule has 0 atom stereocenters. The first kappa shape index (κ1) is 43.8. The van der Waals surface area contributed by atoms with Gasteiger partial charge in [0.05, 0.1) is 0 Å². The molecule has 0 aliphatic heterocycles. The van der Waals surface area contributed by atoms with Crippen molar-refractivity contribution in [1.29, 1.82) is 0 Å². The van der Waals surface area contributed by atoms with E-state index in [0.29, 0.717) is 22.3 Å². The van der Waals surface area contributed by atoms with Crippen molar-refractivity contribution < 1.29 is 9.59 Å². The van der Waals surface area contributed by atoms with Gasteiger partial charge in [-0.3, -0.25) is 9.59 Å². The Kier molecular flexibility index (Phi) is 12.4. The predicted molar refractivity (Wildman–Crippen MR) is 290 cm³/mol. The summed E-state index contributed by atoms with van der Waals surface area (Å²) in [7, 11) is 0. The van der Waals surface area contributed by atoms with Crippen LogP contribution in [0.4, 0.5) is 0 Å². The van der Waals surface area contributed by atoms with Crippen molar-refractivity contribution in [3.05, 3.63) is 322 Å². The molecule has 2 aliphatic carbocycles. The lowest BCUT2D eigenvalue weighted by atomic mass is 9.85. The van der Waals surface area contributed by atoms with Crippen molar-refractivity contribution in [3.8, 4) is 0 Å². The molecule has 334 valence electrons. The Morgan fingerprint density at radius 2 is 0.400 bits per heavy atom. The topological polar surface area (TPSA) is 34.1 Å². The smallest absolute Gasteiger partial charge is 0.195 e. The van der Waals surface area contributed by atoms with Crippen LogP contribution in [0.1, 0.15) is 66.8 Å². The number of benzene rings is 9. The SMILES string of the molecule is O=C1C(c2ccccc2)=C(c2ccc(CCc3ccccc3)cc2)C(c2cccc(C3=C(c4ccccc4)C(=O)C(c4ccccc4)=C3c3ccc(CCc4ccccc4)cc3)c2)=C1c1ccccc1.